The Hall–Kier alpha value is -1.58. The minimum atomic E-state index is -0.294. The van der Waals surface area contributed by atoms with Gasteiger partial charge in [0.15, 0.2) is 0 Å². The van der Waals surface area contributed by atoms with Gasteiger partial charge in [0, 0.05) is 5.82 Å². The van der Waals surface area contributed by atoms with Gasteiger partial charge in [-0.1, -0.05) is 60.7 Å². The van der Waals surface area contributed by atoms with Crippen molar-refractivity contribution < 1.29 is 9.31 Å². The number of hydrogen-bond acceptors (Lipinski definition) is 2. The minimum absolute atomic E-state index is 0.207. The zero-order valence-corrected chi connectivity index (χ0v) is 15.2. The molecule has 2 aromatic rings. The van der Waals surface area contributed by atoms with Gasteiger partial charge in [0.2, 0.25) is 0 Å². The largest absolute Gasteiger partial charge is 0.465 e. The molecule has 0 radical (unpaired) electrons. The van der Waals surface area contributed by atoms with Crippen molar-refractivity contribution in [3.8, 4) is 0 Å². The fourth-order valence-corrected chi connectivity index (χ4v) is 3.18. The van der Waals surface area contributed by atoms with Crippen LogP contribution in [0, 0.1) is 0 Å². The third kappa shape index (κ3) is 3.58. The van der Waals surface area contributed by atoms with E-state index in [1.807, 2.05) is 0 Å². The van der Waals surface area contributed by atoms with E-state index in [0.717, 1.165) is 12.8 Å². The highest BCUT2D eigenvalue weighted by molar-refractivity contribution is 6.47. The second kappa shape index (κ2) is 6.74. The monoisotopic (exact) mass is 322 g/mol. The molecule has 0 N–H and O–H groups in total. The van der Waals surface area contributed by atoms with Gasteiger partial charge in [-0.15, -0.1) is 0 Å². The molecule has 1 unspecified atom stereocenters. The number of aryl methyl sites for hydroxylation is 1. The highest BCUT2D eigenvalue weighted by atomic mass is 16.7. The topological polar surface area (TPSA) is 18.5 Å². The predicted molar refractivity (Wildman–Crippen MR) is 100 cm³/mol. The van der Waals surface area contributed by atoms with Gasteiger partial charge in [0.1, 0.15) is 0 Å². The third-order valence-corrected chi connectivity index (χ3v) is 5.41. The molecule has 24 heavy (non-hydrogen) atoms. The zero-order valence-electron chi connectivity index (χ0n) is 15.2. The predicted octanol–water partition coefficient (Wildman–Crippen LogP) is 5.03. The second-order valence-corrected chi connectivity index (χ2v) is 7.67. The second-order valence-electron chi connectivity index (χ2n) is 7.67. The lowest BCUT2D eigenvalue weighted by molar-refractivity contribution is 0.00578. The first-order chi connectivity index (χ1) is 11.4. The molecule has 126 valence electrons. The van der Waals surface area contributed by atoms with Gasteiger partial charge in [0.25, 0.3) is 0 Å². The third-order valence-electron chi connectivity index (χ3n) is 5.41. The Bertz CT molecular complexity index is 636. The molecule has 1 saturated heterocycles. The maximum absolute atomic E-state index is 6.35. The molecule has 0 amide bonds. The molecule has 2 nitrogen and oxygen atoms in total. The van der Waals surface area contributed by atoms with Crippen molar-refractivity contribution in [2.75, 3.05) is 0 Å². The van der Waals surface area contributed by atoms with E-state index in [0.29, 0.717) is 0 Å². The molecule has 3 rings (SSSR count). The van der Waals surface area contributed by atoms with Crippen LogP contribution in [-0.2, 0) is 15.7 Å². The van der Waals surface area contributed by atoms with Crippen LogP contribution in [0.15, 0.2) is 60.7 Å². The van der Waals surface area contributed by atoms with Crippen molar-refractivity contribution >= 4 is 7.12 Å². The SMILES string of the molecule is CC1(C)OB(C(CCc2ccccc2)c2ccccc2)OC1(C)C. The fraction of sp³-hybridized carbons (Fsp3) is 0.429. The van der Waals surface area contributed by atoms with Crippen LogP contribution in [0.2, 0.25) is 0 Å². The molecular weight excluding hydrogens is 295 g/mol. The Morgan fingerprint density at radius 1 is 0.792 bits per heavy atom. The zero-order chi connectivity index (χ0) is 17.2. The molecule has 1 heterocycles. The van der Waals surface area contributed by atoms with Crippen molar-refractivity contribution in [1.29, 1.82) is 0 Å². The maximum atomic E-state index is 6.35. The number of benzene rings is 2. The first-order valence-corrected chi connectivity index (χ1v) is 8.83. The Labute approximate surface area is 146 Å². The Kier molecular flexibility index (Phi) is 4.84. The smallest absolute Gasteiger partial charge is 0.403 e. The molecule has 1 atom stereocenters. The molecule has 2 aromatic carbocycles. The summed E-state index contributed by atoms with van der Waals surface area (Å²) in [5, 5.41) is 0. The van der Waals surface area contributed by atoms with E-state index in [9.17, 15) is 0 Å². The molecule has 0 aromatic heterocycles. The van der Waals surface area contributed by atoms with E-state index in [1.165, 1.54) is 11.1 Å². The summed E-state index contributed by atoms with van der Waals surface area (Å²) in [5.41, 5.74) is 2.05. The van der Waals surface area contributed by atoms with Crippen molar-refractivity contribution in [2.45, 2.75) is 57.6 Å². The van der Waals surface area contributed by atoms with Gasteiger partial charge < -0.3 is 9.31 Å². The Morgan fingerprint density at radius 2 is 1.29 bits per heavy atom. The number of hydrogen-bond donors (Lipinski definition) is 0. The Balaban J connectivity index is 1.81. The first kappa shape index (κ1) is 17.3. The quantitative estimate of drug-likeness (QED) is 0.719. The van der Waals surface area contributed by atoms with E-state index < -0.39 is 0 Å². The molecule has 1 fully saturated rings. The van der Waals surface area contributed by atoms with Crippen LogP contribution >= 0.6 is 0 Å². The van der Waals surface area contributed by atoms with Crippen LogP contribution in [0.25, 0.3) is 0 Å². The number of rotatable bonds is 5. The maximum Gasteiger partial charge on any atom is 0.465 e. The van der Waals surface area contributed by atoms with E-state index in [-0.39, 0.29) is 24.1 Å². The van der Waals surface area contributed by atoms with E-state index >= 15 is 0 Å². The molecule has 0 aliphatic carbocycles. The summed E-state index contributed by atoms with van der Waals surface area (Å²) in [7, 11) is -0.207. The van der Waals surface area contributed by atoms with E-state index in [4.69, 9.17) is 9.31 Å². The molecule has 1 aliphatic rings. The highest BCUT2D eigenvalue weighted by Gasteiger charge is 2.53. The molecule has 3 heteroatoms. The molecular formula is C21H27BO2. The summed E-state index contributed by atoms with van der Waals surface area (Å²) in [6.07, 6.45) is 2.02. The summed E-state index contributed by atoms with van der Waals surface area (Å²) in [4.78, 5) is 0. The standard InChI is InChI=1S/C21H27BO2/c1-20(2)21(3,4)24-22(23-20)19(18-13-9-6-10-14-18)16-15-17-11-7-5-8-12-17/h5-14,19H,15-16H2,1-4H3. The van der Waals surface area contributed by atoms with Gasteiger partial charge >= 0.3 is 7.12 Å². The molecule has 0 spiro atoms. The Morgan fingerprint density at radius 3 is 1.83 bits per heavy atom. The van der Waals surface area contributed by atoms with Crippen LogP contribution in [0.3, 0.4) is 0 Å². The molecule has 0 saturated carbocycles. The average Bonchev–Trinajstić information content (AvgIpc) is 2.77. The molecule has 1 aliphatic heterocycles. The lowest BCUT2D eigenvalue weighted by Gasteiger charge is -2.32. The van der Waals surface area contributed by atoms with Gasteiger partial charge in [-0.25, -0.2) is 0 Å². The van der Waals surface area contributed by atoms with Crippen LogP contribution in [-0.4, -0.2) is 18.3 Å². The van der Waals surface area contributed by atoms with Crippen LogP contribution in [0.4, 0.5) is 0 Å². The van der Waals surface area contributed by atoms with Crippen molar-refractivity contribution in [2.24, 2.45) is 0 Å². The average molecular weight is 322 g/mol. The van der Waals surface area contributed by atoms with Gasteiger partial charge in [-0.05, 0) is 51.7 Å². The van der Waals surface area contributed by atoms with E-state index in [2.05, 4.69) is 88.4 Å². The van der Waals surface area contributed by atoms with Gasteiger partial charge in [-0.3, -0.25) is 0 Å². The fourth-order valence-electron chi connectivity index (χ4n) is 3.18. The highest BCUT2D eigenvalue weighted by Crippen LogP contribution is 2.42. The first-order valence-electron chi connectivity index (χ1n) is 8.83. The summed E-state index contributed by atoms with van der Waals surface area (Å²) in [6, 6.07) is 21.2. The summed E-state index contributed by atoms with van der Waals surface area (Å²) in [5.74, 6) is 0.229. The van der Waals surface area contributed by atoms with Crippen molar-refractivity contribution in [1.82, 2.24) is 0 Å². The molecule has 0 bridgehead atoms. The lowest BCUT2D eigenvalue weighted by Crippen LogP contribution is -2.41. The van der Waals surface area contributed by atoms with Crippen LogP contribution in [0.5, 0.6) is 0 Å². The van der Waals surface area contributed by atoms with Crippen LogP contribution in [0.1, 0.15) is 51.1 Å². The van der Waals surface area contributed by atoms with E-state index in [1.54, 1.807) is 0 Å². The summed E-state index contributed by atoms with van der Waals surface area (Å²) in [6.45, 7) is 8.47. The van der Waals surface area contributed by atoms with Gasteiger partial charge in [0.05, 0.1) is 11.2 Å². The lowest BCUT2D eigenvalue weighted by atomic mass is 9.65. The summed E-state index contributed by atoms with van der Waals surface area (Å²) < 4.78 is 12.7. The van der Waals surface area contributed by atoms with Crippen molar-refractivity contribution in [3.63, 3.8) is 0 Å². The normalized spacial score (nSPS) is 20.1. The van der Waals surface area contributed by atoms with Crippen LogP contribution < -0.4 is 0 Å². The minimum Gasteiger partial charge on any atom is -0.403 e. The van der Waals surface area contributed by atoms with Gasteiger partial charge in [-0.2, -0.15) is 0 Å². The van der Waals surface area contributed by atoms with Crippen molar-refractivity contribution in [3.05, 3.63) is 71.8 Å². The summed E-state index contributed by atoms with van der Waals surface area (Å²) >= 11 is 0.